The smallest absolute Gasteiger partial charge is 0.243 e. The van der Waals surface area contributed by atoms with E-state index < -0.39 is 16.1 Å². The van der Waals surface area contributed by atoms with Gasteiger partial charge in [-0.3, -0.25) is 19.1 Å². The van der Waals surface area contributed by atoms with Crippen LogP contribution in [0.1, 0.15) is 90.8 Å². The number of carbonyl (C=O) groups is 2. The number of sulfonamides is 1. The van der Waals surface area contributed by atoms with Crippen LogP contribution in [-0.2, 0) is 19.6 Å². The number of methoxy groups -OCH3 is 1. The number of piperazine rings is 1. The summed E-state index contributed by atoms with van der Waals surface area (Å²) in [4.78, 5) is 33.8. The molecule has 1 amide bonds. The first kappa shape index (κ1) is 41.0. The van der Waals surface area contributed by atoms with Gasteiger partial charge in [-0.15, -0.1) is 10.2 Å². The lowest BCUT2D eigenvalue weighted by molar-refractivity contribution is -0.132. The second kappa shape index (κ2) is 17.4. The normalized spacial score (nSPS) is 15.7. The molecule has 304 valence electrons. The molecule has 1 saturated heterocycles. The van der Waals surface area contributed by atoms with Crippen LogP contribution in [-0.4, -0.2) is 88.2 Å². The predicted molar refractivity (Wildman–Crippen MR) is 221 cm³/mol. The fourth-order valence-electron chi connectivity index (χ4n) is 7.85. The molecule has 0 spiro atoms. The molecule has 0 saturated carbocycles. The third-order valence-corrected chi connectivity index (χ3v) is 13.3. The molecule has 0 aliphatic carbocycles. The zero-order valence-corrected chi connectivity index (χ0v) is 35.1. The lowest BCUT2D eigenvalue weighted by atomic mass is 9.99. The van der Waals surface area contributed by atoms with Crippen molar-refractivity contribution in [2.75, 3.05) is 33.3 Å². The lowest BCUT2D eigenvalue weighted by Gasteiger charge is -2.34. The largest absolute Gasteiger partial charge is 0.497 e. The summed E-state index contributed by atoms with van der Waals surface area (Å²) >= 11 is 6.23. The summed E-state index contributed by atoms with van der Waals surface area (Å²) in [6.45, 7) is 8.45. The SMILES string of the molecule is COc1ccc2c(c1)C(c1ccc(Cl)cc1)=N[C@@H](CC(=O)CCCCCCC(=O)N1CCN(S(=O)(=O)c3cc(-c4c(C)noc4C)ccc3C)CC1)c1nnc(C)n1-2. The highest BCUT2D eigenvalue weighted by Gasteiger charge is 2.32. The van der Waals surface area contributed by atoms with Crippen LogP contribution in [0.15, 0.2) is 75.1 Å². The number of aromatic nitrogens is 4. The minimum absolute atomic E-state index is 0.0189. The molecule has 58 heavy (non-hydrogen) atoms. The van der Waals surface area contributed by atoms with Gasteiger partial charge in [0.25, 0.3) is 0 Å². The number of ether oxygens (including phenoxy) is 1. The van der Waals surface area contributed by atoms with Gasteiger partial charge in [0.05, 0.1) is 29.1 Å². The van der Waals surface area contributed by atoms with Crippen molar-refractivity contribution in [3.8, 4) is 22.6 Å². The summed E-state index contributed by atoms with van der Waals surface area (Å²) in [5, 5.41) is 13.5. The van der Waals surface area contributed by atoms with Crippen molar-refractivity contribution < 1.29 is 27.3 Å². The molecular weight excluding hydrogens is 778 g/mol. The third kappa shape index (κ3) is 8.50. The number of ketones is 1. The Balaban J connectivity index is 0.902. The maximum Gasteiger partial charge on any atom is 0.243 e. The second-order valence-corrected chi connectivity index (χ2v) is 17.3. The molecule has 13 nitrogen and oxygen atoms in total. The number of fused-ring (bicyclic) bond motifs is 3. The molecule has 2 aromatic heterocycles. The summed E-state index contributed by atoms with van der Waals surface area (Å²) in [6.07, 6.45) is 3.95. The highest BCUT2D eigenvalue weighted by atomic mass is 35.5. The quantitative estimate of drug-likeness (QED) is 0.103. The van der Waals surface area contributed by atoms with E-state index in [-0.39, 0.29) is 36.1 Å². The standard InChI is InChI=1S/C43H48ClN7O6S/c1-27-12-13-32(41-28(2)48-57-29(41)3)24-39(27)58(54,55)50-22-20-49(21-23-50)40(53)11-9-7-6-8-10-34(52)25-37-43-47-46-30(4)51(43)38-19-18-35(56-5)26-36(38)42(45-37)31-14-16-33(44)17-15-31/h12-19,24,26,37H,6-11,20-23,25H2,1-5H3/t37-/m0/s1. The third-order valence-electron chi connectivity index (χ3n) is 11.0. The van der Waals surface area contributed by atoms with Gasteiger partial charge < -0.3 is 14.2 Å². The van der Waals surface area contributed by atoms with Gasteiger partial charge in [-0.1, -0.05) is 53.9 Å². The van der Waals surface area contributed by atoms with Gasteiger partial charge in [0.2, 0.25) is 15.9 Å². The van der Waals surface area contributed by atoms with Crippen LogP contribution in [0.5, 0.6) is 5.75 Å². The van der Waals surface area contributed by atoms with Crippen LogP contribution in [0, 0.1) is 27.7 Å². The van der Waals surface area contributed by atoms with Crippen LogP contribution in [0.4, 0.5) is 0 Å². The Morgan fingerprint density at radius 3 is 2.26 bits per heavy atom. The average molecular weight is 826 g/mol. The number of Topliss-reactive ketones (excluding diaryl/α,β-unsaturated/α-hetero) is 1. The molecular formula is C43H48ClN7O6S. The number of rotatable bonds is 14. The number of amides is 1. The number of carbonyl (C=O) groups excluding carboxylic acids is 2. The van der Waals surface area contributed by atoms with Gasteiger partial charge in [-0.05, 0) is 88.1 Å². The first-order valence-electron chi connectivity index (χ1n) is 19.6. The molecule has 3 aromatic carbocycles. The number of aryl methyl sites for hydroxylation is 4. The van der Waals surface area contributed by atoms with Gasteiger partial charge in [-0.2, -0.15) is 4.31 Å². The predicted octanol–water partition coefficient (Wildman–Crippen LogP) is 7.54. The summed E-state index contributed by atoms with van der Waals surface area (Å²) in [5.74, 6) is 2.71. The molecule has 15 heteroatoms. The molecule has 0 unspecified atom stereocenters. The minimum Gasteiger partial charge on any atom is -0.497 e. The van der Waals surface area contributed by atoms with E-state index in [0.29, 0.717) is 78.2 Å². The van der Waals surface area contributed by atoms with Gasteiger partial charge in [0.15, 0.2) is 5.82 Å². The summed E-state index contributed by atoms with van der Waals surface area (Å²) in [7, 11) is -2.16. The maximum atomic E-state index is 13.8. The van der Waals surface area contributed by atoms with E-state index in [1.54, 1.807) is 31.1 Å². The number of hydrogen-bond acceptors (Lipinski definition) is 10. The highest BCUT2D eigenvalue weighted by Crippen LogP contribution is 2.35. The number of benzene rings is 3. The molecule has 7 rings (SSSR count). The van der Waals surface area contributed by atoms with Crippen LogP contribution in [0.25, 0.3) is 16.8 Å². The Hall–Kier alpha value is -5.18. The van der Waals surface area contributed by atoms with Gasteiger partial charge in [0.1, 0.15) is 29.2 Å². The second-order valence-electron chi connectivity index (χ2n) is 14.9. The van der Waals surface area contributed by atoms with Crippen molar-refractivity contribution in [2.45, 2.75) is 83.6 Å². The molecule has 4 heterocycles. The number of hydrogen-bond donors (Lipinski definition) is 0. The fourth-order valence-corrected chi connectivity index (χ4v) is 9.65. The van der Waals surface area contributed by atoms with E-state index in [9.17, 15) is 18.0 Å². The van der Waals surface area contributed by atoms with Crippen molar-refractivity contribution in [1.29, 1.82) is 0 Å². The average Bonchev–Trinajstić information content (AvgIpc) is 3.73. The zero-order chi connectivity index (χ0) is 41.1. The number of unbranched alkanes of at least 4 members (excludes halogenated alkanes) is 3. The van der Waals surface area contributed by atoms with E-state index in [0.717, 1.165) is 46.5 Å². The minimum atomic E-state index is -3.78. The number of halogens is 1. The molecule has 5 aromatic rings. The van der Waals surface area contributed by atoms with Crippen molar-refractivity contribution in [2.24, 2.45) is 4.99 Å². The Morgan fingerprint density at radius 2 is 1.57 bits per heavy atom. The van der Waals surface area contributed by atoms with Crippen molar-refractivity contribution in [3.05, 3.63) is 105 Å². The lowest BCUT2D eigenvalue weighted by Crippen LogP contribution is -2.50. The van der Waals surface area contributed by atoms with Crippen molar-refractivity contribution in [3.63, 3.8) is 0 Å². The first-order valence-corrected chi connectivity index (χ1v) is 21.5. The van der Waals surface area contributed by atoms with Gasteiger partial charge in [0, 0.05) is 67.2 Å². The highest BCUT2D eigenvalue weighted by molar-refractivity contribution is 7.89. The molecule has 0 N–H and O–H groups in total. The Labute approximate surface area is 344 Å². The summed E-state index contributed by atoms with van der Waals surface area (Å²) < 4.78 is 41.8. The summed E-state index contributed by atoms with van der Waals surface area (Å²) in [5.41, 5.74) is 6.17. The maximum absolute atomic E-state index is 13.8. The van der Waals surface area contributed by atoms with Gasteiger partial charge >= 0.3 is 0 Å². The molecule has 2 aliphatic rings. The number of aliphatic imine (C=N–C) groups is 1. The number of nitrogens with zero attached hydrogens (tertiary/aromatic N) is 7. The zero-order valence-electron chi connectivity index (χ0n) is 33.5. The van der Waals surface area contributed by atoms with E-state index >= 15 is 0 Å². The van der Waals surface area contributed by atoms with E-state index in [1.807, 2.05) is 73.9 Å². The first-order chi connectivity index (χ1) is 27.8. The molecule has 1 fully saturated rings. The van der Waals surface area contributed by atoms with Crippen LogP contribution >= 0.6 is 11.6 Å². The molecule has 1 atom stereocenters. The Kier molecular flexibility index (Phi) is 12.3. The van der Waals surface area contributed by atoms with Gasteiger partial charge in [-0.25, -0.2) is 8.42 Å². The van der Waals surface area contributed by atoms with Crippen LogP contribution in [0.2, 0.25) is 5.02 Å². The van der Waals surface area contributed by atoms with Crippen molar-refractivity contribution >= 4 is 39.0 Å². The Bertz CT molecular complexity index is 2450. The fraction of sp³-hybridized carbons (Fsp3) is 0.395. The van der Waals surface area contributed by atoms with Crippen molar-refractivity contribution in [1.82, 2.24) is 29.1 Å². The topological polar surface area (TPSA) is 153 Å². The monoisotopic (exact) mass is 825 g/mol. The van der Waals surface area contributed by atoms with Crippen LogP contribution < -0.4 is 4.74 Å². The molecule has 0 bridgehead atoms. The molecule has 2 aliphatic heterocycles. The van der Waals surface area contributed by atoms with E-state index in [4.69, 9.17) is 25.9 Å². The summed E-state index contributed by atoms with van der Waals surface area (Å²) in [6, 6.07) is 18.1. The molecule has 0 radical (unpaired) electrons. The van der Waals surface area contributed by atoms with Crippen LogP contribution in [0.3, 0.4) is 0 Å². The van der Waals surface area contributed by atoms with E-state index in [1.165, 1.54) is 4.31 Å². The van der Waals surface area contributed by atoms with E-state index in [2.05, 4.69) is 15.4 Å². The Morgan fingerprint density at radius 1 is 0.862 bits per heavy atom.